The molecule has 0 aliphatic carbocycles. The lowest BCUT2D eigenvalue weighted by Gasteiger charge is -2.24. The van der Waals surface area contributed by atoms with E-state index >= 15 is 0 Å². The van der Waals surface area contributed by atoms with Gasteiger partial charge in [-0.15, -0.1) is 11.3 Å². The zero-order valence-corrected chi connectivity index (χ0v) is 19.9. The third kappa shape index (κ3) is 5.64. The number of carbonyl (C=O) groups excluding carboxylic acids is 2. The van der Waals surface area contributed by atoms with Crippen LogP contribution >= 0.6 is 11.3 Å². The van der Waals surface area contributed by atoms with Gasteiger partial charge in [-0.1, -0.05) is 13.8 Å². The highest BCUT2D eigenvalue weighted by molar-refractivity contribution is 7.18. The van der Waals surface area contributed by atoms with Gasteiger partial charge in [-0.3, -0.25) is 28.8 Å². The molecule has 0 saturated carbocycles. The van der Waals surface area contributed by atoms with E-state index in [2.05, 4.69) is 10.3 Å². The highest BCUT2D eigenvalue weighted by Gasteiger charge is 2.26. The fourth-order valence-corrected chi connectivity index (χ4v) is 4.15. The molecule has 0 aliphatic rings. The standard InChI is InChI=1S/C22H27N5O6S/c1-13(2)12-27-18(23)17(20(29)25-22(27)31)26(9-5-10-32-3)21(30)15-7-8-16(34-15)24-19(28)14-6-4-11-33-14/h4,6-8,11,13H,5,9-10,12,23H2,1-3H3,(H,24,28)(H,25,29,31). The summed E-state index contributed by atoms with van der Waals surface area (Å²) in [6, 6.07) is 6.24. The van der Waals surface area contributed by atoms with Gasteiger partial charge in [-0.2, -0.15) is 0 Å². The van der Waals surface area contributed by atoms with E-state index in [-0.39, 0.29) is 41.2 Å². The van der Waals surface area contributed by atoms with E-state index in [0.717, 1.165) is 11.3 Å². The summed E-state index contributed by atoms with van der Waals surface area (Å²) in [5.41, 5.74) is 4.74. The molecule has 0 bridgehead atoms. The number of carbonyl (C=O) groups is 2. The second-order valence-electron chi connectivity index (χ2n) is 7.90. The van der Waals surface area contributed by atoms with Crippen molar-refractivity contribution in [2.24, 2.45) is 5.92 Å². The van der Waals surface area contributed by atoms with Crippen molar-refractivity contribution >= 4 is 39.7 Å². The van der Waals surface area contributed by atoms with Crippen LogP contribution in [0.25, 0.3) is 0 Å². The van der Waals surface area contributed by atoms with Crippen LogP contribution in [0.4, 0.5) is 16.5 Å². The lowest BCUT2D eigenvalue weighted by atomic mass is 10.2. The number of furan rings is 1. The van der Waals surface area contributed by atoms with Gasteiger partial charge in [0.25, 0.3) is 17.4 Å². The Bertz CT molecular complexity index is 1260. The second kappa shape index (κ2) is 11.0. The third-order valence-corrected chi connectivity index (χ3v) is 5.79. The van der Waals surface area contributed by atoms with E-state index < -0.39 is 23.1 Å². The average molecular weight is 490 g/mol. The molecule has 0 aliphatic heterocycles. The van der Waals surface area contributed by atoms with Crippen molar-refractivity contribution in [3.8, 4) is 0 Å². The molecule has 0 saturated heterocycles. The van der Waals surface area contributed by atoms with Crippen molar-refractivity contribution in [2.45, 2.75) is 26.8 Å². The molecule has 12 heteroatoms. The Hall–Kier alpha value is -3.64. The van der Waals surface area contributed by atoms with Crippen LogP contribution < -0.4 is 27.2 Å². The minimum Gasteiger partial charge on any atom is -0.459 e. The molecule has 0 spiro atoms. The number of amides is 2. The van der Waals surface area contributed by atoms with Gasteiger partial charge in [0.05, 0.1) is 16.1 Å². The number of H-pyrrole nitrogens is 1. The van der Waals surface area contributed by atoms with Crippen LogP contribution in [0.2, 0.25) is 0 Å². The summed E-state index contributed by atoms with van der Waals surface area (Å²) in [5.74, 6) is -0.824. The summed E-state index contributed by atoms with van der Waals surface area (Å²) in [6.45, 7) is 4.56. The maximum atomic E-state index is 13.5. The van der Waals surface area contributed by atoms with Gasteiger partial charge in [0.15, 0.2) is 11.4 Å². The molecule has 182 valence electrons. The van der Waals surface area contributed by atoms with Gasteiger partial charge in [0.2, 0.25) is 0 Å². The van der Waals surface area contributed by atoms with Crippen LogP contribution in [0.15, 0.2) is 44.5 Å². The number of aromatic amines is 1. The number of aromatic nitrogens is 2. The van der Waals surface area contributed by atoms with Crippen LogP contribution in [-0.2, 0) is 11.3 Å². The number of thiophene rings is 1. The Kier molecular flexibility index (Phi) is 8.08. The Morgan fingerprint density at radius 3 is 2.71 bits per heavy atom. The molecule has 3 heterocycles. The molecule has 3 aromatic rings. The summed E-state index contributed by atoms with van der Waals surface area (Å²) in [4.78, 5) is 54.5. The third-order valence-electron chi connectivity index (χ3n) is 4.81. The molecular weight excluding hydrogens is 462 g/mol. The normalized spacial score (nSPS) is 11.1. The topological polar surface area (TPSA) is 153 Å². The van der Waals surface area contributed by atoms with Crippen molar-refractivity contribution < 1.29 is 18.7 Å². The van der Waals surface area contributed by atoms with Gasteiger partial charge in [0, 0.05) is 26.8 Å². The second-order valence-corrected chi connectivity index (χ2v) is 8.98. The fraction of sp³-hybridized carbons (Fsp3) is 0.364. The molecule has 4 N–H and O–H groups in total. The number of rotatable bonds is 10. The van der Waals surface area contributed by atoms with E-state index in [4.69, 9.17) is 14.9 Å². The first-order valence-electron chi connectivity index (χ1n) is 10.6. The monoisotopic (exact) mass is 489 g/mol. The highest BCUT2D eigenvalue weighted by Crippen LogP contribution is 2.27. The van der Waals surface area contributed by atoms with Crippen molar-refractivity contribution in [1.29, 1.82) is 0 Å². The van der Waals surface area contributed by atoms with Gasteiger partial charge in [-0.05, 0) is 36.6 Å². The molecule has 2 amide bonds. The zero-order valence-electron chi connectivity index (χ0n) is 19.1. The SMILES string of the molecule is COCCCN(C(=O)c1ccc(NC(=O)c2ccco2)s1)c1c(N)n(CC(C)C)c(=O)[nH]c1=O. The number of hydrogen-bond acceptors (Lipinski definition) is 8. The van der Waals surface area contributed by atoms with Crippen LogP contribution in [-0.4, -0.2) is 41.6 Å². The minimum absolute atomic E-state index is 0.0778. The predicted octanol–water partition coefficient (Wildman–Crippen LogP) is 2.36. The zero-order chi connectivity index (χ0) is 24.8. The van der Waals surface area contributed by atoms with Crippen molar-refractivity contribution in [2.75, 3.05) is 36.2 Å². The van der Waals surface area contributed by atoms with Crippen LogP contribution in [0.5, 0.6) is 0 Å². The quantitative estimate of drug-likeness (QED) is 0.370. The summed E-state index contributed by atoms with van der Waals surface area (Å²) in [6.07, 6.45) is 1.81. The van der Waals surface area contributed by atoms with E-state index in [1.165, 1.54) is 28.9 Å². The Morgan fingerprint density at radius 1 is 1.29 bits per heavy atom. The van der Waals surface area contributed by atoms with E-state index in [9.17, 15) is 19.2 Å². The van der Waals surface area contributed by atoms with Crippen LogP contribution in [0, 0.1) is 5.92 Å². The van der Waals surface area contributed by atoms with Gasteiger partial charge >= 0.3 is 5.69 Å². The first kappa shape index (κ1) is 25.0. The first-order valence-corrected chi connectivity index (χ1v) is 11.4. The summed E-state index contributed by atoms with van der Waals surface area (Å²) in [7, 11) is 1.53. The molecule has 0 fully saturated rings. The van der Waals surface area contributed by atoms with Crippen molar-refractivity contribution in [1.82, 2.24) is 9.55 Å². The molecule has 0 aromatic carbocycles. The number of nitrogens with one attached hydrogen (secondary N) is 2. The lowest BCUT2D eigenvalue weighted by molar-refractivity contribution is 0.0982. The maximum Gasteiger partial charge on any atom is 0.330 e. The summed E-state index contributed by atoms with van der Waals surface area (Å²) >= 11 is 1.04. The van der Waals surface area contributed by atoms with Gasteiger partial charge < -0.3 is 20.2 Å². The Labute approximate surface area is 199 Å². The largest absolute Gasteiger partial charge is 0.459 e. The number of nitrogen functional groups attached to an aromatic ring is 1. The molecule has 34 heavy (non-hydrogen) atoms. The van der Waals surface area contributed by atoms with E-state index in [0.29, 0.717) is 18.0 Å². The Balaban J connectivity index is 1.95. The van der Waals surface area contributed by atoms with E-state index in [1.807, 2.05) is 13.8 Å². The number of methoxy groups -OCH3 is 1. The number of hydrogen-bond donors (Lipinski definition) is 3. The smallest absolute Gasteiger partial charge is 0.330 e. The molecule has 0 atom stereocenters. The highest BCUT2D eigenvalue weighted by atomic mass is 32.1. The summed E-state index contributed by atoms with van der Waals surface area (Å²) in [5, 5.41) is 3.09. The van der Waals surface area contributed by atoms with E-state index in [1.54, 1.807) is 18.2 Å². The Morgan fingerprint density at radius 2 is 2.06 bits per heavy atom. The molecule has 11 nitrogen and oxygen atoms in total. The molecule has 3 rings (SSSR count). The van der Waals surface area contributed by atoms with Gasteiger partial charge in [0.1, 0.15) is 5.82 Å². The molecular formula is C22H27N5O6S. The average Bonchev–Trinajstić information content (AvgIpc) is 3.47. The summed E-state index contributed by atoms with van der Waals surface area (Å²) < 4.78 is 11.4. The van der Waals surface area contributed by atoms with Gasteiger partial charge in [-0.25, -0.2) is 4.79 Å². The first-order chi connectivity index (χ1) is 16.2. The number of nitrogens with zero attached hydrogens (tertiary/aromatic N) is 2. The predicted molar refractivity (Wildman–Crippen MR) is 130 cm³/mol. The number of ether oxygens (including phenoxy) is 1. The van der Waals surface area contributed by atoms with Crippen LogP contribution in [0.1, 0.15) is 40.5 Å². The van der Waals surface area contributed by atoms with Crippen molar-refractivity contribution in [3.63, 3.8) is 0 Å². The molecule has 0 unspecified atom stereocenters. The maximum absolute atomic E-state index is 13.5. The van der Waals surface area contributed by atoms with Crippen LogP contribution in [0.3, 0.4) is 0 Å². The minimum atomic E-state index is -0.754. The van der Waals surface area contributed by atoms with Crippen molar-refractivity contribution in [3.05, 3.63) is 62.0 Å². The molecule has 0 radical (unpaired) electrons. The fourth-order valence-electron chi connectivity index (χ4n) is 3.30. The number of nitrogens with two attached hydrogens (primary N) is 1. The lowest BCUT2D eigenvalue weighted by Crippen LogP contribution is -2.42. The number of anilines is 3. The molecule has 3 aromatic heterocycles.